The van der Waals surface area contributed by atoms with Crippen LogP contribution in [0, 0.1) is 6.92 Å². The van der Waals surface area contributed by atoms with E-state index in [0.717, 1.165) is 19.5 Å². The first kappa shape index (κ1) is 11.2. The van der Waals surface area contributed by atoms with Crippen LogP contribution in [0.2, 0.25) is 0 Å². The number of hydrogen-bond acceptors (Lipinski definition) is 1. The zero-order valence-corrected chi connectivity index (χ0v) is 9.95. The Morgan fingerprint density at radius 2 is 2.00 bits per heavy atom. The maximum absolute atomic E-state index is 5.49. The summed E-state index contributed by atoms with van der Waals surface area (Å²) < 4.78 is 2.35. The summed E-state index contributed by atoms with van der Waals surface area (Å²) in [6.07, 6.45) is 5.77. The highest BCUT2D eigenvalue weighted by molar-refractivity contribution is 5.83. The van der Waals surface area contributed by atoms with Crippen LogP contribution in [0.15, 0.2) is 30.5 Å². The van der Waals surface area contributed by atoms with E-state index in [-0.39, 0.29) is 0 Å². The van der Waals surface area contributed by atoms with Gasteiger partial charge in [0.25, 0.3) is 0 Å². The van der Waals surface area contributed by atoms with Gasteiger partial charge in [-0.2, -0.15) is 0 Å². The molecular weight excluding hydrogens is 196 g/mol. The molecule has 0 aliphatic rings. The van der Waals surface area contributed by atoms with Crippen molar-refractivity contribution in [1.82, 2.24) is 4.57 Å². The molecule has 86 valence electrons. The van der Waals surface area contributed by atoms with Gasteiger partial charge < -0.3 is 10.3 Å². The monoisotopic (exact) mass is 216 g/mol. The minimum Gasteiger partial charge on any atom is -0.347 e. The standard InChI is InChI=1S/C14H20N2/c1-12-6-5-7-14-13(12)8-11-16(14)10-4-2-3-9-15/h5-8,11H,2-4,9-10,15H2,1H3. The number of aromatic nitrogens is 1. The molecule has 0 aliphatic heterocycles. The Morgan fingerprint density at radius 3 is 2.81 bits per heavy atom. The van der Waals surface area contributed by atoms with Crippen LogP contribution in [0.4, 0.5) is 0 Å². The van der Waals surface area contributed by atoms with E-state index in [2.05, 4.69) is 42.0 Å². The molecule has 1 aromatic carbocycles. The Morgan fingerprint density at radius 1 is 1.12 bits per heavy atom. The molecule has 2 nitrogen and oxygen atoms in total. The molecular formula is C14H20N2. The van der Waals surface area contributed by atoms with Gasteiger partial charge >= 0.3 is 0 Å². The lowest BCUT2D eigenvalue weighted by molar-refractivity contribution is 0.603. The van der Waals surface area contributed by atoms with Gasteiger partial charge in [-0.3, -0.25) is 0 Å². The summed E-state index contributed by atoms with van der Waals surface area (Å²) in [5, 5.41) is 1.38. The lowest BCUT2D eigenvalue weighted by Crippen LogP contribution is -2.00. The summed E-state index contributed by atoms with van der Waals surface area (Å²) in [6, 6.07) is 8.72. The van der Waals surface area contributed by atoms with Crippen molar-refractivity contribution in [2.24, 2.45) is 5.73 Å². The SMILES string of the molecule is Cc1cccc2c1ccn2CCCCCN. The highest BCUT2D eigenvalue weighted by Crippen LogP contribution is 2.19. The number of benzene rings is 1. The molecule has 16 heavy (non-hydrogen) atoms. The van der Waals surface area contributed by atoms with E-state index in [9.17, 15) is 0 Å². The normalized spacial score (nSPS) is 11.1. The second kappa shape index (κ2) is 5.17. The molecule has 0 spiro atoms. The third kappa shape index (κ3) is 2.27. The Labute approximate surface area is 97.1 Å². The van der Waals surface area contributed by atoms with Crippen molar-refractivity contribution in [3.05, 3.63) is 36.0 Å². The first-order valence-electron chi connectivity index (χ1n) is 6.07. The summed E-state index contributed by atoms with van der Waals surface area (Å²) in [5.41, 5.74) is 8.21. The Bertz CT molecular complexity index is 457. The minimum atomic E-state index is 0.811. The van der Waals surface area contributed by atoms with Crippen LogP contribution in [-0.2, 0) is 6.54 Å². The highest BCUT2D eigenvalue weighted by Gasteiger charge is 2.01. The van der Waals surface area contributed by atoms with E-state index in [1.807, 2.05) is 0 Å². The van der Waals surface area contributed by atoms with Crippen LogP contribution in [0.3, 0.4) is 0 Å². The maximum atomic E-state index is 5.49. The molecule has 0 aliphatic carbocycles. The maximum Gasteiger partial charge on any atom is 0.0482 e. The van der Waals surface area contributed by atoms with Crippen LogP contribution in [-0.4, -0.2) is 11.1 Å². The molecule has 0 unspecified atom stereocenters. The van der Waals surface area contributed by atoms with Gasteiger partial charge in [-0.25, -0.2) is 0 Å². The molecule has 0 atom stereocenters. The molecule has 2 rings (SSSR count). The van der Waals surface area contributed by atoms with Gasteiger partial charge in [-0.05, 0) is 44.0 Å². The third-order valence-electron chi connectivity index (χ3n) is 3.13. The average molecular weight is 216 g/mol. The van der Waals surface area contributed by atoms with Crippen LogP contribution in [0.1, 0.15) is 24.8 Å². The predicted octanol–water partition coefficient (Wildman–Crippen LogP) is 3.08. The summed E-state index contributed by atoms with van der Waals surface area (Å²) >= 11 is 0. The summed E-state index contributed by atoms with van der Waals surface area (Å²) in [6.45, 7) is 4.08. The number of nitrogens with two attached hydrogens (primary N) is 1. The van der Waals surface area contributed by atoms with Gasteiger partial charge in [0.05, 0.1) is 0 Å². The van der Waals surface area contributed by atoms with Gasteiger partial charge in [0.2, 0.25) is 0 Å². The molecule has 0 saturated carbocycles. The largest absolute Gasteiger partial charge is 0.347 e. The molecule has 1 aromatic heterocycles. The minimum absolute atomic E-state index is 0.811. The number of nitrogens with zero attached hydrogens (tertiary/aromatic N) is 1. The molecule has 2 N–H and O–H groups in total. The van der Waals surface area contributed by atoms with Gasteiger partial charge in [0.15, 0.2) is 0 Å². The fraction of sp³-hybridized carbons (Fsp3) is 0.429. The van der Waals surface area contributed by atoms with Crippen molar-refractivity contribution >= 4 is 10.9 Å². The Hall–Kier alpha value is -1.28. The molecule has 1 heterocycles. The Balaban J connectivity index is 2.10. The van der Waals surface area contributed by atoms with Crippen LogP contribution < -0.4 is 5.73 Å². The zero-order chi connectivity index (χ0) is 11.4. The second-order valence-electron chi connectivity index (χ2n) is 4.37. The lowest BCUT2D eigenvalue weighted by atomic mass is 10.1. The molecule has 0 bridgehead atoms. The van der Waals surface area contributed by atoms with E-state index in [4.69, 9.17) is 5.73 Å². The molecule has 0 radical (unpaired) electrons. The van der Waals surface area contributed by atoms with Gasteiger partial charge in [0.1, 0.15) is 0 Å². The lowest BCUT2D eigenvalue weighted by Gasteiger charge is -2.05. The first-order chi connectivity index (χ1) is 7.83. The quantitative estimate of drug-likeness (QED) is 0.765. The number of unbranched alkanes of at least 4 members (excludes halogenated alkanes) is 2. The first-order valence-corrected chi connectivity index (χ1v) is 6.07. The van der Waals surface area contributed by atoms with Crippen molar-refractivity contribution < 1.29 is 0 Å². The molecule has 0 fully saturated rings. The van der Waals surface area contributed by atoms with E-state index >= 15 is 0 Å². The molecule has 0 amide bonds. The van der Waals surface area contributed by atoms with E-state index in [1.54, 1.807) is 0 Å². The summed E-state index contributed by atoms with van der Waals surface area (Å²) in [5.74, 6) is 0. The van der Waals surface area contributed by atoms with E-state index < -0.39 is 0 Å². The van der Waals surface area contributed by atoms with Gasteiger partial charge in [-0.1, -0.05) is 18.6 Å². The topological polar surface area (TPSA) is 30.9 Å². The van der Waals surface area contributed by atoms with E-state index in [0.29, 0.717) is 0 Å². The van der Waals surface area contributed by atoms with Crippen LogP contribution >= 0.6 is 0 Å². The smallest absolute Gasteiger partial charge is 0.0482 e. The zero-order valence-electron chi connectivity index (χ0n) is 9.95. The summed E-state index contributed by atoms with van der Waals surface area (Å²) in [7, 11) is 0. The Kier molecular flexibility index (Phi) is 3.62. The predicted molar refractivity (Wildman–Crippen MR) is 69.6 cm³/mol. The second-order valence-corrected chi connectivity index (χ2v) is 4.37. The van der Waals surface area contributed by atoms with Gasteiger partial charge in [-0.15, -0.1) is 0 Å². The molecule has 2 heteroatoms. The number of rotatable bonds is 5. The van der Waals surface area contributed by atoms with E-state index in [1.165, 1.54) is 29.3 Å². The van der Waals surface area contributed by atoms with Crippen molar-refractivity contribution in [3.8, 4) is 0 Å². The molecule has 2 aromatic rings. The summed E-state index contributed by atoms with van der Waals surface area (Å²) in [4.78, 5) is 0. The highest BCUT2D eigenvalue weighted by atomic mass is 14.9. The number of fused-ring (bicyclic) bond motifs is 1. The fourth-order valence-corrected chi connectivity index (χ4v) is 2.18. The molecule has 0 saturated heterocycles. The van der Waals surface area contributed by atoms with Gasteiger partial charge in [0, 0.05) is 23.6 Å². The van der Waals surface area contributed by atoms with Crippen LogP contribution in [0.25, 0.3) is 10.9 Å². The fourth-order valence-electron chi connectivity index (χ4n) is 2.18. The average Bonchev–Trinajstić information content (AvgIpc) is 2.70. The van der Waals surface area contributed by atoms with Crippen LogP contribution in [0.5, 0.6) is 0 Å². The van der Waals surface area contributed by atoms with Crippen molar-refractivity contribution in [2.75, 3.05) is 6.54 Å². The third-order valence-corrected chi connectivity index (χ3v) is 3.13. The van der Waals surface area contributed by atoms with Crippen molar-refractivity contribution in [3.63, 3.8) is 0 Å². The van der Waals surface area contributed by atoms with Crippen molar-refractivity contribution in [1.29, 1.82) is 0 Å². The number of hydrogen-bond donors (Lipinski definition) is 1. The van der Waals surface area contributed by atoms with Crippen molar-refractivity contribution in [2.45, 2.75) is 32.7 Å². The number of aryl methyl sites for hydroxylation is 2.